The number of aryl methyl sites for hydroxylation is 1. The van der Waals surface area contributed by atoms with E-state index < -0.39 is 0 Å². The molecule has 112 valence electrons. The second kappa shape index (κ2) is 7.21. The maximum Gasteiger partial charge on any atom is 0.123 e. The SMILES string of the molecule is CCCC1CCC(CNC)C(c2cc(C)cc(F)c2)C1. The molecule has 1 aliphatic rings. The van der Waals surface area contributed by atoms with Crippen molar-refractivity contribution in [3.05, 3.63) is 35.1 Å². The predicted molar refractivity (Wildman–Crippen MR) is 83.5 cm³/mol. The fourth-order valence-electron chi connectivity index (χ4n) is 3.88. The van der Waals surface area contributed by atoms with Crippen molar-refractivity contribution >= 4 is 0 Å². The van der Waals surface area contributed by atoms with Crippen LogP contribution in [0.4, 0.5) is 4.39 Å². The molecule has 1 saturated carbocycles. The van der Waals surface area contributed by atoms with Crippen molar-refractivity contribution in [1.82, 2.24) is 5.32 Å². The minimum absolute atomic E-state index is 0.0826. The summed E-state index contributed by atoms with van der Waals surface area (Å²) in [4.78, 5) is 0. The van der Waals surface area contributed by atoms with Gasteiger partial charge in [-0.1, -0.05) is 32.3 Å². The maximum atomic E-state index is 13.7. The van der Waals surface area contributed by atoms with Crippen molar-refractivity contribution in [3.63, 3.8) is 0 Å². The Labute approximate surface area is 123 Å². The summed E-state index contributed by atoms with van der Waals surface area (Å²) in [6.07, 6.45) is 6.41. The van der Waals surface area contributed by atoms with Crippen LogP contribution in [0.1, 0.15) is 56.1 Å². The van der Waals surface area contributed by atoms with Crippen LogP contribution in [-0.4, -0.2) is 13.6 Å². The Bertz CT molecular complexity index is 409. The summed E-state index contributed by atoms with van der Waals surface area (Å²) in [5.41, 5.74) is 2.25. The lowest BCUT2D eigenvalue weighted by molar-refractivity contribution is 0.222. The van der Waals surface area contributed by atoms with E-state index in [1.165, 1.54) is 37.7 Å². The van der Waals surface area contributed by atoms with E-state index in [0.717, 1.165) is 18.0 Å². The van der Waals surface area contributed by atoms with Gasteiger partial charge in [-0.05, 0) is 74.4 Å². The van der Waals surface area contributed by atoms with Gasteiger partial charge in [0.05, 0.1) is 0 Å². The molecule has 0 aromatic heterocycles. The molecule has 1 aliphatic carbocycles. The lowest BCUT2D eigenvalue weighted by atomic mass is 9.70. The second-order valence-corrected chi connectivity index (χ2v) is 6.45. The highest BCUT2D eigenvalue weighted by Crippen LogP contribution is 2.42. The van der Waals surface area contributed by atoms with Gasteiger partial charge in [-0.25, -0.2) is 4.39 Å². The molecule has 1 aromatic rings. The van der Waals surface area contributed by atoms with E-state index in [0.29, 0.717) is 11.8 Å². The van der Waals surface area contributed by atoms with Crippen molar-refractivity contribution in [1.29, 1.82) is 0 Å². The Kier molecular flexibility index (Phi) is 5.59. The van der Waals surface area contributed by atoms with Gasteiger partial charge in [0.1, 0.15) is 5.82 Å². The molecule has 0 spiro atoms. The quantitative estimate of drug-likeness (QED) is 0.826. The molecule has 1 fully saturated rings. The molecule has 0 aliphatic heterocycles. The zero-order chi connectivity index (χ0) is 14.5. The minimum Gasteiger partial charge on any atom is -0.319 e. The molecule has 1 N–H and O–H groups in total. The van der Waals surface area contributed by atoms with Gasteiger partial charge in [0.2, 0.25) is 0 Å². The molecule has 1 aromatic carbocycles. The van der Waals surface area contributed by atoms with E-state index in [-0.39, 0.29) is 5.82 Å². The summed E-state index contributed by atoms with van der Waals surface area (Å²) in [5.74, 6) is 1.90. The van der Waals surface area contributed by atoms with Crippen LogP contribution in [0.3, 0.4) is 0 Å². The topological polar surface area (TPSA) is 12.0 Å². The average molecular weight is 277 g/mol. The number of hydrogen-bond acceptors (Lipinski definition) is 1. The van der Waals surface area contributed by atoms with E-state index >= 15 is 0 Å². The van der Waals surface area contributed by atoms with Gasteiger partial charge in [-0.2, -0.15) is 0 Å². The molecule has 0 bridgehead atoms. The lowest BCUT2D eigenvalue weighted by Crippen LogP contribution is -2.30. The van der Waals surface area contributed by atoms with Crippen molar-refractivity contribution in [3.8, 4) is 0 Å². The van der Waals surface area contributed by atoms with Gasteiger partial charge in [0.25, 0.3) is 0 Å². The largest absolute Gasteiger partial charge is 0.319 e. The van der Waals surface area contributed by atoms with Crippen LogP contribution in [-0.2, 0) is 0 Å². The third-order valence-electron chi connectivity index (χ3n) is 4.76. The molecular formula is C18H28FN. The summed E-state index contributed by atoms with van der Waals surface area (Å²) in [6, 6.07) is 5.57. The summed E-state index contributed by atoms with van der Waals surface area (Å²) < 4.78 is 13.7. The molecule has 1 nitrogen and oxygen atoms in total. The second-order valence-electron chi connectivity index (χ2n) is 6.45. The van der Waals surface area contributed by atoms with Crippen molar-refractivity contribution in [2.24, 2.45) is 11.8 Å². The van der Waals surface area contributed by atoms with Crippen molar-refractivity contribution < 1.29 is 4.39 Å². The first-order valence-electron chi connectivity index (χ1n) is 8.05. The normalized spacial score (nSPS) is 26.7. The maximum absolute atomic E-state index is 13.7. The molecule has 3 atom stereocenters. The minimum atomic E-state index is -0.0826. The van der Waals surface area contributed by atoms with Crippen LogP contribution >= 0.6 is 0 Å². The highest BCUT2D eigenvalue weighted by atomic mass is 19.1. The van der Waals surface area contributed by atoms with Crippen molar-refractivity contribution in [2.75, 3.05) is 13.6 Å². The van der Waals surface area contributed by atoms with E-state index in [2.05, 4.69) is 18.3 Å². The van der Waals surface area contributed by atoms with E-state index in [9.17, 15) is 4.39 Å². The summed E-state index contributed by atoms with van der Waals surface area (Å²) in [6.45, 7) is 5.30. The number of halogens is 1. The van der Waals surface area contributed by atoms with Gasteiger partial charge in [0, 0.05) is 0 Å². The molecule has 3 unspecified atom stereocenters. The van der Waals surface area contributed by atoms with Crippen LogP contribution in [0.2, 0.25) is 0 Å². The molecule has 0 saturated heterocycles. The van der Waals surface area contributed by atoms with Gasteiger partial charge in [0.15, 0.2) is 0 Å². The fourth-order valence-corrected chi connectivity index (χ4v) is 3.88. The number of rotatable bonds is 5. The van der Waals surface area contributed by atoms with Gasteiger partial charge in [-0.15, -0.1) is 0 Å². The standard InChI is InChI=1S/C18H28FN/c1-4-5-14-6-7-15(12-20-3)18(10-14)16-8-13(2)9-17(19)11-16/h8-9,11,14-15,18,20H,4-7,10,12H2,1-3H3. The molecule has 2 heteroatoms. The van der Waals surface area contributed by atoms with Crippen molar-refractivity contribution in [2.45, 2.75) is 51.9 Å². The monoisotopic (exact) mass is 277 g/mol. The Morgan fingerprint density at radius 1 is 1.25 bits per heavy atom. The third kappa shape index (κ3) is 3.82. The highest BCUT2D eigenvalue weighted by molar-refractivity contribution is 5.27. The van der Waals surface area contributed by atoms with E-state index in [1.54, 1.807) is 12.1 Å². The Morgan fingerprint density at radius 3 is 2.70 bits per heavy atom. The number of hydrogen-bond donors (Lipinski definition) is 1. The fraction of sp³-hybridized carbons (Fsp3) is 0.667. The number of nitrogens with one attached hydrogen (secondary N) is 1. The summed E-state index contributed by atoms with van der Waals surface area (Å²) in [5, 5.41) is 3.32. The predicted octanol–water partition coefficient (Wildman–Crippen LogP) is 4.65. The first-order chi connectivity index (χ1) is 9.63. The molecule has 0 amide bonds. The number of benzene rings is 1. The molecule has 0 radical (unpaired) electrons. The first-order valence-corrected chi connectivity index (χ1v) is 8.05. The summed E-state index contributed by atoms with van der Waals surface area (Å²) in [7, 11) is 2.02. The molecule has 20 heavy (non-hydrogen) atoms. The van der Waals surface area contributed by atoms with Gasteiger partial charge >= 0.3 is 0 Å². The van der Waals surface area contributed by atoms with E-state index in [4.69, 9.17) is 0 Å². The molecule has 2 rings (SSSR count). The molecule has 0 heterocycles. The lowest BCUT2D eigenvalue weighted by Gasteiger charge is -2.37. The van der Waals surface area contributed by atoms with Crippen LogP contribution in [0.25, 0.3) is 0 Å². The van der Waals surface area contributed by atoms with Gasteiger partial charge in [-0.3, -0.25) is 0 Å². The Balaban J connectivity index is 2.21. The van der Waals surface area contributed by atoms with Crippen LogP contribution < -0.4 is 5.32 Å². The third-order valence-corrected chi connectivity index (χ3v) is 4.76. The summed E-state index contributed by atoms with van der Waals surface area (Å²) >= 11 is 0. The van der Waals surface area contributed by atoms with Crippen LogP contribution in [0.15, 0.2) is 18.2 Å². The molecular weight excluding hydrogens is 249 g/mol. The van der Waals surface area contributed by atoms with E-state index in [1.807, 2.05) is 14.0 Å². The average Bonchev–Trinajstić information content (AvgIpc) is 2.40. The Morgan fingerprint density at radius 2 is 2.05 bits per heavy atom. The highest BCUT2D eigenvalue weighted by Gasteiger charge is 2.31. The zero-order valence-electron chi connectivity index (χ0n) is 13.1. The smallest absolute Gasteiger partial charge is 0.123 e. The Hall–Kier alpha value is -0.890. The first kappa shape index (κ1) is 15.5. The zero-order valence-corrected chi connectivity index (χ0v) is 13.1. The van der Waals surface area contributed by atoms with Crippen LogP contribution in [0, 0.1) is 24.6 Å². The van der Waals surface area contributed by atoms with Crippen LogP contribution in [0.5, 0.6) is 0 Å². The van der Waals surface area contributed by atoms with Gasteiger partial charge < -0.3 is 5.32 Å².